The molecule has 116 valence electrons. The van der Waals surface area contributed by atoms with Crippen LogP contribution in [-0.4, -0.2) is 35.9 Å². The largest absolute Gasteiger partial charge is 0.346 e. The number of hydrogen-bond acceptors (Lipinski definition) is 3. The van der Waals surface area contributed by atoms with E-state index in [1.54, 1.807) is 0 Å². The third-order valence-electron chi connectivity index (χ3n) is 4.56. The molecule has 1 saturated heterocycles. The molecule has 1 aliphatic heterocycles. The van der Waals surface area contributed by atoms with Crippen molar-refractivity contribution in [3.8, 4) is 0 Å². The van der Waals surface area contributed by atoms with E-state index in [-0.39, 0.29) is 17.4 Å². The SMILES string of the molecule is Cc1cc(C(=O)N[C@@]2(C)CCS(=O)(=O)C2)c(C)n1C1CC1. The minimum Gasteiger partial charge on any atom is -0.346 e. The number of aryl methyl sites for hydroxylation is 1. The molecule has 1 aromatic rings. The summed E-state index contributed by atoms with van der Waals surface area (Å²) in [6.07, 6.45) is 2.84. The van der Waals surface area contributed by atoms with E-state index in [0.29, 0.717) is 18.0 Å². The van der Waals surface area contributed by atoms with Crippen LogP contribution in [-0.2, 0) is 9.84 Å². The van der Waals surface area contributed by atoms with Gasteiger partial charge in [0.2, 0.25) is 0 Å². The van der Waals surface area contributed by atoms with Gasteiger partial charge in [0.05, 0.1) is 22.6 Å². The molecule has 1 saturated carbocycles. The second kappa shape index (κ2) is 4.60. The van der Waals surface area contributed by atoms with Crippen molar-refractivity contribution in [2.45, 2.75) is 51.6 Å². The molecule has 0 radical (unpaired) electrons. The maximum absolute atomic E-state index is 12.5. The van der Waals surface area contributed by atoms with Gasteiger partial charge in [0.25, 0.3) is 5.91 Å². The molecule has 1 atom stereocenters. The lowest BCUT2D eigenvalue weighted by Gasteiger charge is -2.23. The predicted octanol–water partition coefficient (Wildman–Crippen LogP) is 1.75. The standard InChI is InChI=1S/C15H22N2O3S/c1-10-8-13(11(2)17(10)12-4-5-12)14(18)16-15(3)6-7-21(19,20)9-15/h8,12H,4-7,9H2,1-3H3,(H,16,18)/t15-/m0/s1. The molecule has 2 fully saturated rings. The van der Waals surface area contributed by atoms with Gasteiger partial charge in [0.15, 0.2) is 9.84 Å². The Kier molecular flexibility index (Phi) is 3.20. The number of amides is 1. The van der Waals surface area contributed by atoms with Gasteiger partial charge in [-0.3, -0.25) is 4.79 Å². The summed E-state index contributed by atoms with van der Waals surface area (Å²) in [7, 11) is -3.02. The highest BCUT2D eigenvalue weighted by atomic mass is 32.2. The van der Waals surface area contributed by atoms with Crippen LogP contribution in [0.2, 0.25) is 0 Å². The average Bonchev–Trinajstić information content (AvgIpc) is 3.07. The molecule has 1 aliphatic carbocycles. The lowest BCUT2D eigenvalue weighted by atomic mass is 10.0. The van der Waals surface area contributed by atoms with E-state index in [0.717, 1.165) is 11.4 Å². The zero-order chi connectivity index (χ0) is 15.4. The fraction of sp³-hybridized carbons (Fsp3) is 0.667. The highest BCUT2D eigenvalue weighted by Crippen LogP contribution is 2.38. The van der Waals surface area contributed by atoms with Crippen molar-refractivity contribution in [2.24, 2.45) is 0 Å². The molecule has 1 aromatic heterocycles. The molecule has 2 heterocycles. The van der Waals surface area contributed by atoms with E-state index in [9.17, 15) is 13.2 Å². The molecule has 6 heteroatoms. The van der Waals surface area contributed by atoms with Crippen LogP contribution >= 0.6 is 0 Å². The van der Waals surface area contributed by atoms with E-state index < -0.39 is 15.4 Å². The van der Waals surface area contributed by atoms with Gasteiger partial charge in [-0.05, 0) is 46.1 Å². The van der Waals surface area contributed by atoms with Crippen molar-refractivity contribution < 1.29 is 13.2 Å². The number of carbonyl (C=O) groups is 1. The third-order valence-corrected chi connectivity index (χ3v) is 6.46. The number of carbonyl (C=O) groups excluding carboxylic acids is 1. The summed E-state index contributed by atoms with van der Waals surface area (Å²) >= 11 is 0. The molecule has 0 bridgehead atoms. The molecule has 0 unspecified atom stereocenters. The number of nitrogens with one attached hydrogen (secondary N) is 1. The summed E-state index contributed by atoms with van der Waals surface area (Å²) in [6, 6.07) is 2.45. The Bertz CT molecular complexity index is 701. The summed E-state index contributed by atoms with van der Waals surface area (Å²) in [5.74, 6) is 0.0347. The van der Waals surface area contributed by atoms with E-state index >= 15 is 0 Å². The van der Waals surface area contributed by atoms with Gasteiger partial charge >= 0.3 is 0 Å². The second-order valence-electron chi connectivity index (χ2n) is 6.74. The molecule has 0 aromatic carbocycles. The maximum atomic E-state index is 12.5. The van der Waals surface area contributed by atoms with Gasteiger partial charge < -0.3 is 9.88 Å². The quantitative estimate of drug-likeness (QED) is 0.925. The Morgan fingerprint density at radius 1 is 1.38 bits per heavy atom. The van der Waals surface area contributed by atoms with Crippen molar-refractivity contribution in [1.29, 1.82) is 0 Å². The lowest BCUT2D eigenvalue weighted by Crippen LogP contribution is -2.47. The fourth-order valence-electron chi connectivity index (χ4n) is 3.35. The Morgan fingerprint density at radius 2 is 2.05 bits per heavy atom. The Labute approximate surface area is 125 Å². The molecule has 3 rings (SSSR count). The Morgan fingerprint density at radius 3 is 2.57 bits per heavy atom. The fourth-order valence-corrected chi connectivity index (χ4v) is 5.45. The summed E-state index contributed by atoms with van der Waals surface area (Å²) in [4.78, 5) is 12.5. The van der Waals surface area contributed by atoms with E-state index in [2.05, 4.69) is 9.88 Å². The number of hydrogen-bond donors (Lipinski definition) is 1. The van der Waals surface area contributed by atoms with Crippen LogP contribution in [0.3, 0.4) is 0 Å². The predicted molar refractivity (Wildman–Crippen MR) is 81.3 cm³/mol. The molecule has 1 amide bonds. The number of sulfone groups is 1. The average molecular weight is 310 g/mol. The summed E-state index contributed by atoms with van der Waals surface area (Å²) in [5, 5.41) is 2.94. The van der Waals surface area contributed by atoms with Gasteiger partial charge in [0.1, 0.15) is 0 Å². The summed E-state index contributed by atoms with van der Waals surface area (Å²) in [5.41, 5.74) is 2.11. The van der Waals surface area contributed by atoms with Gasteiger partial charge in [-0.25, -0.2) is 8.42 Å². The lowest BCUT2D eigenvalue weighted by molar-refractivity contribution is 0.0914. The highest BCUT2D eigenvalue weighted by Gasteiger charge is 2.40. The topological polar surface area (TPSA) is 68.2 Å². The zero-order valence-electron chi connectivity index (χ0n) is 12.8. The molecular formula is C15H22N2O3S. The second-order valence-corrected chi connectivity index (χ2v) is 8.93. The van der Waals surface area contributed by atoms with Gasteiger partial charge in [0, 0.05) is 17.4 Å². The van der Waals surface area contributed by atoms with Crippen molar-refractivity contribution in [2.75, 3.05) is 11.5 Å². The normalized spacial score (nSPS) is 27.8. The highest BCUT2D eigenvalue weighted by molar-refractivity contribution is 7.91. The molecule has 0 spiro atoms. The van der Waals surface area contributed by atoms with Crippen LogP contribution in [0, 0.1) is 13.8 Å². The van der Waals surface area contributed by atoms with Crippen LogP contribution in [0.15, 0.2) is 6.07 Å². The Hall–Kier alpha value is -1.30. The Balaban J connectivity index is 1.82. The minimum absolute atomic E-state index is 0.0348. The minimum atomic E-state index is -3.02. The molecule has 2 aliphatic rings. The summed E-state index contributed by atoms with van der Waals surface area (Å²) in [6.45, 7) is 5.80. The first kappa shape index (κ1) is 14.6. The van der Waals surface area contributed by atoms with Crippen LogP contribution in [0.25, 0.3) is 0 Å². The van der Waals surface area contributed by atoms with Crippen LogP contribution in [0.5, 0.6) is 0 Å². The maximum Gasteiger partial charge on any atom is 0.253 e. The first-order valence-electron chi connectivity index (χ1n) is 7.42. The van der Waals surface area contributed by atoms with Gasteiger partial charge in [-0.2, -0.15) is 0 Å². The van der Waals surface area contributed by atoms with Crippen LogP contribution in [0.1, 0.15) is 54.0 Å². The van der Waals surface area contributed by atoms with E-state index in [1.165, 1.54) is 12.8 Å². The molecule has 1 N–H and O–H groups in total. The van der Waals surface area contributed by atoms with Crippen molar-refractivity contribution in [1.82, 2.24) is 9.88 Å². The van der Waals surface area contributed by atoms with Crippen LogP contribution in [0.4, 0.5) is 0 Å². The smallest absolute Gasteiger partial charge is 0.253 e. The molecule has 21 heavy (non-hydrogen) atoms. The first-order valence-corrected chi connectivity index (χ1v) is 9.24. The monoisotopic (exact) mass is 310 g/mol. The third kappa shape index (κ3) is 2.73. The summed E-state index contributed by atoms with van der Waals surface area (Å²) < 4.78 is 25.5. The molecule has 5 nitrogen and oxygen atoms in total. The van der Waals surface area contributed by atoms with E-state index in [1.807, 2.05) is 26.8 Å². The van der Waals surface area contributed by atoms with Crippen molar-refractivity contribution >= 4 is 15.7 Å². The first-order chi connectivity index (χ1) is 9.71. The zero-order valence-corrected chi connectivity index (χ0v) is 13.6. The van der Waals surface area contributed by atoms with Gasteiger partial charge in [-0.1, -0.05) is 0 Å². The number of rotatable bonds is 3. The van der Waals surface area contributed by atoms with Crippen molar-refractivity contribution in [3.63, 3.8) is 0 Å². The van der Waals surface area contributed by atoms with Crippen LogP contribution < -0.4 is 5.32 Å². The van der Waals surface area contributed by atoms with Crippen molar-refractivity contribution in [3.05, 3.63) is 23.0 Å². The number of aromatic nitrogens is 1. The number of nitrogens with zero attached hydrogens (tertiary/aromatic N) is 1. The molecular weight excluding hydrogens is 288 g/mol. The van der Waals surface area contributed by atoms with Gasteiger partial charge in [-0.15, -0.1) is 0 Å². The van der Waals surface area contributed by atoms with E-state index in [4.69, 9.17) is 0 Å².